The summed E-state index contributed by atoms with van der Waals surface area (Å²) in [7, 11) is 1.85. The summed E-state index contributed by atoms with van der Waals surface area (Å²) in [6.45, 7) is 2.77. The molecule has 20 heavy (non-hydrogen) atoms. The number of rotatable bonds is 2. The minimum atomic E-state index is -0.138. The van der Waals surface area contributed by atoms with Crippen LogP contribution in [0.15, 0.2) is 24.3 Å². The van der Waals surface area contributed by atoms with Gasteiger partial charge in [0.25, 0.3) is 0 Å². The van der Waals surface area contributed by atoms with Crippen LogP contribution in [0.4, 0.5) is 0 Å². The number of carbonyl (C=O) groups is 1. The predicted molar refractivity (Wildman–Crippen MR) is 77.9 cm³/mol. The Hall–Kier alpha value is -1.83. The third-order valence-corrected chi connectivity index (χ3v) is 3.47. The number of amides is 1. The normalized spacial score (nSPS) is 16.5. The number of hydrogen-bond acceptors (Lipinski definition) is 3. The van der Waals surface area contributed by atoms with Gasteiger partial charge >= 0.3 is 0 Å². The van der Waals surface area contributed by atoms with Crippen molar-refractivity contribution in [3.8, 4) is 11.8 Å². The van der Waals surface area contributed by atoms with Gasteiger partial charge in [-0.3, -0.25) is 9.69 Å². The van der Waals surface area contributed by atoms with E-state index in [4.69, 9.17) is 5.11 Å². The molecule has 2 rings (SSSR count). The number of likely N-dealkylation sites (N-methyl/N-ethyl adjacent to an activating group) is 1. The zero-order valence-electron chi connectivity index (χ0n) is 11.8. The van der Waals surface area contributed by atoms with Gasteiger partial charge in [0, 0.05) is 32.2 Å². The lowest BCUT2D eigenvalue weighted by Gasteiger charge is -2.20. The average Bonchev–Trinajstić information content (AvgIpc) is 2.60. The predicted octanol–water partition coefficient (Wildman–Crippen LogP) is 0.694. The molecule has 1 saturated heterocycles. The fourth-order valence-corrected chi connectivity index (χ4v) is 2.34. The lowest BCUT2D eigenvalue weighted by molar-refractivity contribution is -0.130. The number of nitrogens with zero attached hydrogens (tertiary/aromatic N) is 2. The van der Waals surface area contributed by atoms with Gasteiger partial charge in [-0.1, -0.05) is 30.0 Å². The summed E-state index contributed by atoms with van der Waals surface area (Å²) in [5, 5.41) is 8.81. The molecule has 1 amide bonds. The first-order chi connectivity index (χ1) is 9.70. The Morgan fingerprint density at radius 3 is 2.90 bits per heavy atom. The third-order valence-electron chi connectivity index (χ3n) is 3.47. The highest BCUT2D eigenvalue weighted by Gasteiger charge is 2.19. The van der Waals surface area contributed by atoms with Crippen LogP contribution < -0.4 is 0 Å². The maximum atomic E-state index is 11.9. The minimum Gasteiger partial charge on any atom is -0.384 e. The molecule has 4 nitrogen and oxygen atoms in total. The van der Waals surface area contributed by atoms with Crippen LogP contribution in [-0.2, 0) is 11.3 Å². The monoisotopic (exact) mass is 272 g/mol. The molecule has 4 heteroatoms. The molecule has 1 aromatic rings. The molecule has 106 valence electrons. The highest BCUT2D eigenvalue weighted by molar-refractivity contribution is 5.78. The van der Waals surface area contributed by atoms with Gasteiger partial charge in [0.1, 0.15) is 6.61 Å². The average molecular weight is 272 g/mol. The fraction of sp³-hybridized carbons (Fsp3) is 0.438. The maximum absolute atomic E-state index is 11.9. The highest BCUT2D eigenvalue weighted by Crippen LogP contribution is 2.13. The summed E-state index contributed by atoms with van der Waals surface area (Å²) in [6, 6.07) is 7.89. The molecule has 1 aliphatic heterocycles. The Bertz CT molecular complexity index is 531. The third kappa shape index (κ3) is 3.83. The molecular weight excluding hydrogens is 252 g/mol. The molecule has 0 unspecified atom stereocenters. The summed E-state index contributed by atoms with van der Waals surface area (Å²) >= 11 is 0. The molecule has 1 aliphatic rings. The van der Waals surface area contributed by atoms with Crippen molar-refractivity contribution in [2.75, 3.05) is 33.3 Å². The fourth-order valence-electron chi connectivity index (χ4n) is 2.34. The van der Waals surface area contributed by atoms with Crippen LogP contribution in [0.5, 0.6) is 0 Å². The van der Waals surface area contributed by atoms with Crippen molar-refractivity contribution in [2.45, 2.75) is 13.0 Å². The summed E-state index contributed by atoms with van der Waals surface area (Å²) < 4.78 is 0. The van der Waals surface area contributed by atoms with E-state index in [1.54, 1.807) is 4.90 Å². The lowest BCUT2D eigenvalue weighted by Crippen LogP contribution is -2.34. The second-order valence-electron chi connectivity index (χ2n) is 5.00. The van der Waals surface area contributed by atoms with Crippen molar-refractivity contribution in [1.82, 2.24) is 9.80 Å². The second-order valence-corrected chi connectivity index (χ2v) is 5.00. The van der Waals surface area contributed by atoms with Crippen LogP contribution in [0.2, 0.25) is 0 Å². The van der Waals surface area contributed by atoms with E-state index in [0.29, 0.717) is 6.54 Å². The SMILES string of the molecule is CN1CCCN(Cc2ccccc2C#CCO)CC1=O. The zero-order chi connectivity index (χ0) is 14.4. The number of aliphatic hydroxyl groups excluding tert-OH is 1. The summed E-state index contributed by atoms with van der Waals surface area (Å²) in [5.74, 6) is 5.82. The Labute approximate surface area is 120 Å². The molecule has 0 spiro atoms. The van der Waals surface area contributed by atoms with E-state index in [1.165, 1.54) is 0 Å². The van der Waals surface area contributed by atoms with Gasteiger partial charge in [0.05, 0.1) is 6.54 Å². The van der Waals surface area contributed by atoms with Crippen LogP contribution >= 0.6 is 0 Å². The van der Waals surface area contributed by atoms with E-state index in [0.717, 1.165) is 37.2 Å². The van der Waals surface area contributed by atoms with Crippen LogP contribution in [0.3, 0.4) is 0 Å². The van der Waals surface area contributed by atoms with Crippen LogP contribution in [-0.4, -0.2) is 54.1 Å². The zero-order valence-corrected chi connectivity index (χ0v) is 11.8. The van der Waals surface area contributed by atoms with Gasteiger partial charge in [-0.05, 0) is 18.1 Å². The van der Waals surface area contributed by atoms with Crippen molar-refractivity contribution < 1.29 is 9.90 Å². The molecule has 0 bridgehead atoms. The van der Waals surface area contributed by atoms with Crippen LogP contribution in [0.1, 0.15) is 17.5 Å². The van der Waals surface area contributed by atoms with Crippen molar-refractivity contribution >= 4 is 5.91 Å². The quantitative estimate of drug-likeness (QED) is 0.806. The van der Waals surface area contributed by atoms with Gasteiger partial charge in [-0.2, -0.15) is 0 Å². The van der Waals surface area contributed by atoms with E-state index in [9.17, 15) is 4.79 Å². The van der Waals surface area contributed by atoms with Gasteiger partial charge < -0.3 is 10.0 Å². The topological polar surface area (TPSA) is 43.8 Å². The molecule has 1 N–H and O–H groups in total. The smallest absolute Gasteiger partial charge is 0.236 e. The number of carbonyl (C=O) groups excluding carboxylic acids is 1. The highest BCUT2D eigenvalue weighted by atomic mass is 16.2. The molecule has 0 aliphatic carbocycles. The van der Waals surface area contributed by atoms with Crippen molar-refractivity contribution in [2.24, 2.45) is 0 Å². The first kappa shape index (κ1) is 14.6. The van der Waals surface area contributed by atoms with E-state index >= 15 is 0 Å². The number of aliphatic hydroxyl groups is 1. The molecule has 1 fully saturated rings. The standard InChI is InChI=1S/C16H20N2O2/c1-17-9-5-10-18(13-16(17)20)12-15-7-3-2-6-14(15)8-4-11-19/h2-3,6-7,19H,5,9-13H2,1H3. The van der Waals surface area contributed by atoms with Gasteiger partial charge in [-0.25, -0.2) is 0 Å². The lowest BCUT2D eigenvalue weighted by atomic mass is 10.1. The summed E-state index contributed by atoms with van der Waals surface area (Å²) in [6.07, 6.45) is 0.993. The van der Waals surface area contributed by atoms with Crippen molar-refractivity contribution in [3.63, 3.8) is 0 Å². The molecule has 0 radical (unpaired) electrons. The van der Waals surface area contributed by atoms with Crippen LogP contribution in [0, 0.1) is 11.8 Å². The molecule has 0 atom stereocenters. The Kier molecular flexibility index (Phi) is 5.16. The van der Waals surface area contributed by atoms with Crippen molar-refractivity contribution in [3.05, 3.63) is 35.4 Å². The Morgan fingerprint density at radius 1 is 1.30 bits per heavy atom. The molecular formula is C16H20N2O2. The Morgan fingerprint density at radius 2 is 2.10 bits per heavy atom. The largest absolute Gasteiger partial charge is 0.384 e. The van der Waals surface area contributed by atoms with Crippen molar-refractivity contribution in [1.29, 1.82) is 0 Å². The molecule has 1 heterocycles. The van der Waals surface area contributed by atoms with Gasteiger partial charge in [0.15, 0.2) is 0 Å². The summed E-state index contributed by atoms with van der Waals surface area (Å²) in [5.41, 5.74) is 2.03. The van der Waals surface area contributed by atoms with Crippen LogP contribution in [0.25, 0.3) is 0 Å². The van der Waals surface area contributed by atoms with E-state index < -0.39 is 0 Å². The van der Waals surface area contributed by atoms with E-state index in [2.05, 4.69) is 16.7 Å². The van der Waals surface area contributed by atoms with E-state index in [-0.39, 0.29) is 12.5 Å². The molecule has 0 saturated carbocycles. The minimum absolute atomic E-state index is 0.138. The van der Waals surface area contributed by atoms with E-state index in [1.807, 2.05) is 31.3 Å². The molecule has 0 aromatic heterocycles. The first-order valence-corrected chi connectivity index (χ1v) is 6.84. The molecule has 1 aromatic carbocycles. The van der Waals surface area contributed by atoms with Gasteiger partial charge in [-0.15, -0.1) is 0 Å². The second kappa shape index (κ2) is 7.09. The number of hydrogen-bond donors (Lipinski definition) is 1. The number of benzene rings is 1. The maximum Gasteiger partial charge on any atom is 0.236 e. The van der Waals surface area contributed by atoms with Gasteiger partial charge in [0.2, 0.25) is 5.91 Å². The Balaban J connectivity index is 2.11. The first-order valence-electron chi connectivity index (χ1n) is 6.84. The summed E-state index contributed by atoms with van der Waals surface area (Å²) in [4.78, 5) is 15.8.